The van der Waals surface area contributed by atoms with E-state index in [1.807, 2.05) is 47.3 Å². The third kappa shape index (κ3) is 7.18. The number of urea groups is 1. The fraction of sp³-hybridized carbons (Fsp3) is 0.576. The Kier molecular flexibility index (Phi) is 9.23. The van der Waals surface area contributed by atoms with Crippen LogP contribution >= 0.6 is 0 Å². The molecule has 2 aliphatic carbocycles. The zero-order valence-corrected chi connectivity index (χ0v) is 25.8. The molecule has 10 nitrogen and oxygen atoms in total. The molecule has 4 heterocycles. The number of nitrogens with zero attached hydrogens (tertiary/aromatic N) is 6. The van der Waals surface area contributed by atoms with Crippen molar-refractivity contribution in [2.75, 3.05) is 43.0 Å². The molecular formula is C33H46N8O2. The highest BCUT2D eigenvalue weighted by atomic mass is 16.7. The summed E-state index contributed by atoms with van der Waals surface area (Å²) in [5, 5.41) is 13.2. The van der Waals surface area contributed by atoms with Crippen molar-refractivity contribution in [2.24, 2.45) is 17.8 Å². The number of aromatic nitrogens is 4. The number of carbonyl (C=O) groups is 1. The molecule has 43 heavy (non-hydrogen) atoms. The first kappa shape index (κ1) is 29.6. The summed E-state index contributed by atoms with van der Waals surface area (Å²) in [4.78, 5) is 30.9. The second kappa shape index (κ2) is 13.4. The summed E-state index contributed by atoms with van der Waals surface area (Å²) in [5.74, 6) is 3.53. The monoisotopic (exact) mass is 586 g/mol. The van der Waals surface area contributed by atoms with Crippen molar-refractivity contribution in [2.45, 2.75) is 71.8 Å². The van der Waals surface area contributed by atoms with Gasteiger partial charge in [-0.1, -0.05) is 57.4 Å². The summed E-state index contributed by atoms with van der Waals surface area (Å²) in [6, 6.07) is -0.334. The van der Waals surface area contributed by atoms with E-state index in [9.17, 15) is 4.79 Å². The van der Waals surface area contributed by atoms with Gasteiger partial charge in [0.25, 0.3) is 0 Å². The molecule has 2 saturated heterocycles. The third-order valence-electron chi connectivity index (χ3n) is 9.10. The van der Waals surface area contributed by atoms with Crippen LogP contribution in [0.25, 0.3) is 17.0 Å². The Morgan fingerprint density at radius 1 is 1.09 bits per heavy atom. The van der Waals surface area contributed by atoms with Gasteiger partial charge in [-0.05, 0) is 56.4 Å². The standard InChI is InChI=1S/C33H46N8O2/c1-23-16-24(2)20-39(19-23)32-34-17-27(18-35-32)30-25(3)31(41(38-30)29-13-6-4-5-7-14-29)37-33(42)36-28-21-40(43-22-28)15-9-12-26-10-8-11-26/h4-6,13-14,17-18,23-24,26,28H,7-12,15-16,19-22H2,1-3H3,(H2,36,37,42). The second-order valence-electron chi connectivity index (χ2n) is 12.9. The van der Waals surface area contributed by atoms with Crippen molar-refractivity contribution >= 4 is 23.5 Å². The van der Waals surface area contributed by atoms with E-state index in [2.05, 4.69) is 41.5 Å². The van der Waals surface area contributed by atoms with Crippen LogP contribution in [0, 0.1) is 24.7 Å². The van der Waals surface area contributed by atoms with Crippen LogP contribution in [0.2, 0.25) is 0 Å². The predicted molar refractivity (Wildman–Crippen MR) is 170 cm³/mol. The minimum atomic E-state index is -0.267. The zero-order valence-electron chi connectivity index (χ0n) is 25.8. The van der Waals surface area contributed by atoms with Gasteiger partial charge >= 0.3 is 6.03 Å². The quantitative estimate of drug-likeness (QED) is 0.383. The topological polar surface area (TPSA) is 100 Å². The first-order chi connectivity index (χ1) is 20.9. The molecule has 6 rings (SSSR count). The molecule has 3 unspecified atom stereocenters. The highest BCUT2D eigenvalue weighted by Gasteiger charge is 2.28. The summed E-state index contributed by atoms with van der Waals surface area (Å²) in [6.45, 7) is 10.6. The van der Waals surface area contributed by atoms with Gasteiger partial charge in [0.1, 0.15) is 11.5 Å². The van der Waals surface area contributed by atoms with Crippen LogP contribution in [0.4, 0.5) is 16.6 Å². The van der Waals surface area contributed by atoms with Crippen LogP contribution < -0.4 is 15.5 Å². The second-order valence-corrected chi connectivity index (χ2v) is 12.9. The summed E-state index contributed by atoms with van der Waals surface area (Å²) in [6.07, 6.45) is 22.5. The summed E-state index contributed by atoms with van der Waals surface area (Å²) < 4.78 is 1.81. The zero-order chi connectivity index (χ0) is 29.8. The fourth-order valence-electron chi connectivity index (χ4n) is 6.72. The molecule has 0 aromatic carbocycles. The van der Waals surface area contributed by atoms with Crippen molar-refractivity contribution in [3.05, 3.63) is 48.3 Å². The fourth-order valence-corrected chi connectivity index (χ4v) is 6.72. The van der Waals surface area contributed by atoms with Gasteiger partial charge in [0.15, 0.2) is 0 Å². The largest absolute Gasteiger partial charge is 0.340 e. The van der Waals surface area contributed by atoms with E-state index in [0.717, 1.165) is 66.9 Å². The van der Waals surface area contributed by atoms with Crippen molar-refractivity contribution in [1.29, 1.82) is 0 Å². The van der Waals surface area contributed by atoms with Gasteiger partial charge in [0.2, 0.25) is 5.95 Å². The van der Waals surface area contributed by atoms with Gasteiger partial charge in [0.05, 0.1) is 18.3 Å². The van der Waals surface area contributed by atoms with Gasteiger partial charge in [-0.25, -0.2) is 19.4 Å². The number of hydroxylamine groups is 2. The SMILES string of the molecule is Cc1c(-c2cnc(N3CC(C)CC(C)C3)nc2)nn(C2=CCC=CC=C2)c1NC(=O)NC1CON(CCCC2CCC2)C1. The maximum atomic E-state index is 13.3. The number of hydrogen-bond donors (Lipinski definition) is 2. The van der Waals surface area contributed by atoms with E-state index in [1.165, 1.54) is 32.1 Å². The molecule has 4 aliphatic rings. The lowest BCUT2D eigenvalue weighted by atomic mass is 9.82. The summed E-state index contributed by atoms with van der Waals surface area (Å²) in [5.41, 5.74) is 3.32. The molecule has 0 bridgehead atoms. The number of allylic oxidation sites excluding steroid dienone is 6. The van der Waals surface area contributed by atoms with Crippen LogP contribution in [0.5, 0.6) is 0 Å². The Balaban J connectivity index is 1.15. The molecular weight excluding hydrogens is 540 g/mol. The number of hydrogen-bond acceptors (Lipinski definition) is 7. The Morgan fingerprint density at radius 3 is 2.63 bits per heavy atom. The van der Waals surface area contributed by atoms with E-state index >= 15 is 0 Å². The molecule has 2 N–H and O–H groups in total. The van der Waals surface area contributed by atoms with Crippen molar-refractivity contribution in [1.82, 2.24) is 30.1 Å². The minimum absolute atomic E-state index is 0.0674. The van der Waals surface area contributed by atoms with Crippen LogP contribution in [0.1, 0.15) is 64.4 Å². The van der Waals surface area contributed by atoms with Crippen molar-refractivity contribution in [3.8, 4) is 11.3 Å². The van der Waals surface area contributed by atoms with E-state index in [1.54, 1.807) is 0 Å². The van der Waals surface area contributed by atoms with E-state index in [0.29, 0.717) is 30.8 Å². The highest BCUT2D eigenvalue weighted by Crippen LogP contribution is 2.32. The number of nitrogens with one attached hydrogen (secondary N) is 2. The lowest BCUT2D eigenvalue weighted by molar-refractivity contribution is -0.111. The Hall–Kier alpha value is -3.50. The van der Waals surface area contributed by atoms with Crippen molar-refractivity contribution in [3.63, 3.8) is 0 Å². The average Bonchev–Trinajstić information content (AvgIpc) is 3.41. The molecule has 2 aliphatic heterocycles. The van der Waals surface area contributed by atoms with Gasteiger partial charge in [-0.3, -0.25) is 10.2 Å². The van der Waals surface area contributed by atoms with Crippen molar-refractivity contribution < 1.29 is 9.63 Å². The van der Waals surface area contributed by atoms with Gasteiger partial charge in [-0.15, -0.1) is 0 Å². The minimum Gasteiger partial charge on any atom is -0.340 e. The molecule has 1 saturated carbocycles. The molecule has 3 fully saturated rings. The first-order valence-corrected chi connectivity index (χ1v) is 16.1. The van der Waals surface area contributed by atoms with Gasteiger partial charge in [0, 0.05) is 49.7 Å². The average molecular weight is 587 g/mol. The number of amides is 2. The summed E-state index contributed by atoms with van der Waals surface area (Å²) >= 11 is 0. The summed E-state index contributed by atoms with van der Waals surface area (Å²) in [7, 11) is 0. The van der Waals surface area contributed by atoms with Crippen LogP contribution in [0.15, 0.2) is 42.8 Å². The van der Waals surface area contributed by atoms with Crippen LogP contribution in [-0.2, 0) is 4.84 Å². The predicted octanol–water partition coefficient (Wildman–Crippen LogP) is 5.81. The number of anilines is 2. The number of piperidine rings is 1. The van der Waals surface area contributed by atoms with Gasteiger partial charge < -0.3 is 10.2 Å². The molecule has 230 valence electrons. The number of rotatable bonds is 9. The van der Waals surface area contributed by atoms with Crippen LogP contribution in [-0.4, -0.2) is 69.7 Å². The van der Waals surface area contributed by atoms with Gasteiger partial charge in [-0.2, -0.15) is 10.2 Å². The molecule has 3 atom stereocenters. The third-order valence-corrected chi connectivity index (χ3v) is 9.10. The Labute approximate surface area is 255 Å². The Bertz CT molecular complexity index is 1350. The Morgan fingerprint density at radius 2 is 1.88 bits per heavy atom. The van der Waals surface area contributed by atoms with E-state index in [-0.39, 0.29) is 12.1 Å². The molecule has 0 radical (unpaired) electrons. The van der Waals surface area contributed by atoms with Crippen LogP contribution in [0.3, 0.4) is 0 Å². The lowest BCUT2D eigenvalue weighted by Crippen LogP contribution is -2.41. The molecule has 10 heteroatoms. The smallest absolute Gasteiger partial charge is 0.320 e. The molecule has 2 amide bonds. The molecule has 2 aromatic heterocycles. The number of carbonyl (C=O) groups excluding carboxylic acids is 1. The molecule has 0 spiro atoms. The van der Waals surface area contributed by atoms with E-state index < -0.39 is 0 Å². The van der Waals surface area contributed by atoms with E-state index in [4.69, 9.17) is 19.9 Å². The normalized spacial score (nSPS) is 24.5. The first-order valence-electron chi connectivity index (χ1n) is 16.1. The molecule has 2 aromatic rings. The highest BCUT2D eigenvalue weighted by molar-refractivity contribution is 5.91. The maximum Gasteiger partial charge on any atom is 0.320 e. The lowest BCUT2D eigenvalue weighted by Gasteiger charge is -2.34. The maximum absolute atomic E-state index is 13.3.